The number of carbonyl (C=O) groups excluding carboxylic acids is 3. The predicted octanol–water partition coefficient (Wildman–Crippen LogP) is -0.273. The predicted molar refractivity (Wildman–Crippen MR) is 119 cm³/mol. The molecular weight excluding hydrogens is 412 g/mol. The maximum absolute atomic E-state index is 13.7. The number of aliphatic hydroxyl groups is 1. The second-order valence-corrected chi connectivity index (χ2v) is 8.09. The highest BCUT2D eigenvalue weighted by Gasteiger charge is 2.53. The fourth-order valence-corrected chi connectivity index (χ4v) is 4.11. The van der Waals surface area contributed by atoms with E-state index < -0.39 is 28.9 Å². The number of nitrogens with two attached hydrogens (primary N) is 1. The molecule has 0 bridgehead atoms. The third-order valence-corrected chi connectivity index (χ3v) is 6.09. The number of nitrogens with one attached hydrogen (secondary N) is 1. The van der Waals surface area contributed by atoms with Gasteiger partial charge in [0.1, 0.15) is 0 Å². The van der Waals surface area contributed by atoms with Crippen molar-refractivity contribution in [2.24, 2.45) is 11.1 Å². The lowest BCUT2D eigenvalue weighted by molar-refractivity contribution is -0.181. The number of amides is 3. The Balaban J connectivity index is 1.95. The highest BCUT2D eigenvalue weighted by molar-refractivity contribution is 6.10. The standard InChI is InChI=1S/C23H30N4O5/c1-25-20(29)23(31,19(24)28)26(2)21(30)22(16-27-12-14-32-15-13-27)10-8-18(9-11-22)17-6-4-3-5-7-17/h3-10,31H,11-16H2,1-2H3,(H2,24,28)(H,25,29). The molecule has 1 aliphatic heterocycles. The van der Waals surface area contributed by atoms with Crippen LogP contribution in [0.3, 0.4) is 0 Å². The molecule has 9 nitrogen and oxygen atoms in total. The summed E-state index contributed by atoms with van der Waals surface area (Å²) >= 11 is 0. The van der Waals surface area contributed by atoms with Crippen LogP contribution in [0.4, 0.5) is 0 Å². The van der Waals surface area contributed by atoms with Gasteiger partial charge in [-0.25, -0.2) is 0 Å². The van der Waals surface area contributed by atoms with E-state index >= 15 is 0 Å². The molecule has 172 valence electrons. The molecule has 4 N–H and O–H groups in total. The second-order valence-electron chi connectivity index (χ2n) is 8.09. The first-order valence-corrected chi connectivity index (χ1v) is 10.5. The van der Waals surface area contributed by atoms with E-state index in [9.17, 15) is 19.5 Å². The van der Waals surface area contributed by atoms with Gasteiger partial charge in [-0.2, -0.15) is 0 Å². The minimum absolute atomic E-state index is 0.330. The minimum Gasteiger partial charge on any atom is -0.379 e. The van der Waals surface area contributed by atoms with Crippen LogP contribution in [0.5, 0.6) is 0 Å². The smallest absolute Gasteiger partial charge is 0.301 e. The largest absolute Gasteiger partial charge is 0.379 e. The lowest BCUT2D eigenvalue weighted by Gasteiger charge is -2.42. The zero-order valence-electron chi connectivity index (χ0n) is 18.4. The molecule has 0 saturated carbocycles. The van der Waals surface area contributed by atoms with Crippen molar-refractivity contribution in [3.63, 3.8) is 0 Å². The Bertz CT molecular complexity index is 926. The second kappa shape index (κ2) is 9.64. The summed E-state index contributed by atoms with van der Waals surface area (Å²) in [6.45, 7) is 2.75. The summed E-state index contributed by atoms with van der Waals surface area (Å²) in [6.07, 6.45) is 5.96. The Morgan fingerprint density at radius 3 is 2.44 bits per heavy atom. The van der Waals surface area contributed by atoms with E-state index in [-0.39, 0.29) is 0 Å². The Morgan fingerprint density at radius 1 is 1.25 bits per heavy atom. The van der Waals surface area contributed by atoms with Gasteiger partial charge < -0.3 is 25.8 Å². The topological polar surface area (TPSA) is 125 Å². The van der Waals surface area contributed by atoms with Gasteiger partial charge in [0.25, 0.3) is 11.8 Å². The molecule has 9 heteroatoms. The van der Waals surface area contributed by atoms with E-state index in [0.717, 1.165) is 16.0 Å². The number of benzene rings is 1. The zero-order valence-corrected chi connectivity index (χ0v) is 18.4. The van der Waals surface area contributed by atoms with Gasteiger partial charge in [-0.15, -0.1) is 0 Å². The van der Waals surface area contributed by atoms with Crippen molar-refractivity contribution in [1.82, 2.24) is 15.1 Å². The molecular formula is C23H30N4O5. The van der Waals surface area contributed by atoms with Crippen molar-refractivity contribution in [1.29, 1.82) is 0 Å². The van der Waals surface area contributed by atoms with Crippen LogP contribution in [-0.4, -0.2) is 85.3 Å². The Kier molecular flexibility index (Phi) is 7.12. The van der Waals surface area contributed by atoms with Crippen LogP contribution in [0, 0.1) is 5.41 Å². The average molecular weight is 443 g/mol. The molecule has 3 rings (SSSR count). The van der Waals surface area contributed by atoms with Crippen molar-refractivity contribution >= 4 is 23.3 Å². The lowest BCUT2D eigenvalue weighted by Crippen LogP contribution is -2.68. The van der Waals surface area contributed by atoms with Crippen LogP contribution in [0.1, 0.15) is 12.0 Å². The summed E-state index contributed by atoms with van der Waals surface area (Å²) in [5, 5.41) is 13.0. The van der Waals surface area contributed by atoms with Gasteiger partial charge in [-0.3, -0.25) is 19.3 Å². The zero-order chi connectivity index (χ0) is 23.4. The van der Waals surface area contributed by atoms with Crippen LogP contribution >= 0.6 is 0 Å². The first-order valence-electron chi connectivity index (χ1n) is 10.5. The molecule has 1 fully saturated rings. The van der Waals surface area contributed by atoms with Gasteiger partial charge in [0, 0.05) is 33.7 Å². The average Bonchev–Trinajstić information content (AvgIpc) is 2.83. The lowest BCUT2D eigenvalue weighted by atomic mass is 9.76. The maximum atomic E-state index is 13.7. The van der Waals surface area contributed by atoms with E-state index in [4.69, 9.17) is 10.5 Å². The van der Waals surface area contributed by atoms with Gasteiger partial charge in [-0.1, -0.05) is 48.6 Å². The first kappa shape index (κ1) is 23.6. The van der Waals surface area contributed by atoms with E-state index in [0.29, 0.717) is 39.3 Å². The fourth-order valence-electron chi connectivity index (χ4n) is 4.11. The van der Waals surface area contributed by atoms with Crippen LogP contribution in [-0.2, 0) is 19.1 Å². The summed E-state index contributed by atoms with van der Waals surface area (Å²) in [4.78, 5) is 41.0. The molecule has 0 radical (unpaired) electrons. The molecule has 0 aromatic heterocycles. The van der Waals surface area contributed by atoms with E-state index in [2.05, 4.69) is 10.2 Å². The summed E-state index contributed by atoms with van der Waals surface area (Å²) in [5.41, 5.74) is 3.43. The number of hydrogen-bond donors (Lipinski definition) is 3. The van der Waals surface area contributed by atoms with Crippen molar-refractivity contribution in [2.75, 3.05) is 46.9 Å². The van der Waals surface area contributed by atoms with Crippen LogP contribution in [0.2, 0.25) is 0 Å². The van der Waals surface area contributed by atoms with Crippen LogP contribution in [0.25, 0.3) is 5.57 Å². The number of likely N-dealkylation sites (N-methyl/N-ethyl adjacent to an activating group) is 2. The van der Waals surface area contributed by atoms with Crippen LogP contribution < -0.4 is 11.1 Å². The summed E-state index contributed by atoms with van der Waals surface area (Å²) in [7, 11) is 2.47. The number of rotatable bonds is 7. The highest BCUT2D eigenvalue weighted by atomic mass is 16.5. The molecule has 32 heavy (non-hydrogen) atoms. The number of primary amides is 1. The maximum Gasteiger partial charge on any atom is 0.301 e. The summed E-state index contributed by atoms with van der Waals surface area (Å²) < 4.78 is 5.42. The van der Waals surface area contributed by atoms with Gasteiger partial charge in [0.15, 0.2) is 0 Å². The molecule has 1 aromatic carbocycles. The van der Waals surface area contributed by atoms with E-state index in [1.807, 2.05) is 42.5 Å². The first-order chi connectivity index (χ1) is 15.2. The fraction of sp³-hybridized carbons (Fsp3) is 0.435. The number of nitrogens with zero attached hydrogens (tertiary/aromatic N) is 2. The third kappa shape index (κ3) is 4.45. The monoisotopic (exact) mass is 442 g/mol. The van der Waals surface area contributed by atoms with E-state index in [1.165, 1.54) is 14.1 Å². The van der Waals surface area contributed by atoms with Crippen molar-refractivity contribution in [2.45, 2.75) is 12.1 Å². The number of hydrogen-bond acceptors (Lipinski definition) is 6. The molecule has 1 aromatic rings. The molecule has 0 spiro atoms. The number of morpholine rings is 1. The van der Waals surface area contributed by atoms with Crippen molar-refractivity contribution < 1.29 is 24.2 Å². The SMILES string of the molecule is CNC(=O)C(O)(C(N)=O)N(C)C(=O)C1(CN2CCOCC2)C=CC(c2ccccc2)=CC1. The molecule has 2 unspecified atom stereocenters. The Hall–Kier alpha value is -3.01. The molecule has 1 heterocycles. The Morgan fingerprint density at radius 2 is 1.91 bits per heavy atom. The minimum atomic E-state index is -2.80. The molecule has 3 amide bonds. The van der Waals surface area contributed by atoms with Gasteiger partial charge >= 0.3 is 5.72 Å². The van der Waals surface area contributed by atoms with Gasteiger partial charge in [0.2, 0.25) is 5.91 Å². The molecule has 1 aliphatic carbocycles. The Labute approximate surface area is 187 Å². The number of allylic oxidation sites excluding steroid dienone is 3. The van der Waals surface area contributed by atoms with Gasteiger partial charge in [0.05, 0.1) is 18.6 Å². The third-order valence-electron chi connectivity index (χ3n) is 6.09. The van der Waals surface area contributed by atoms with Crippen molar-refractivity contribution in [3.8, 4) is 0 Å². The quantitative estimate of drug-likeness (QED) is 0.394. The van der Waals surface area contributed by atoms with Crippen LogP contribution in [0.15, 0.2) is 48.6 Å². The number of carbonyl (C=O) groups is 3. The highest BCUT2D eigenvalue weighted by Crippen LogP contribution is 2.37. The summed E-state index contributed by atoms with van der Waals surface area (Å²) in [6, 6.07) is 9.78. The normalized spacial score (nSPS) is 23.0. The molecule has 1 saturated heterocycles. The summed E-state index contributed by atoms with van der Waals surface area (Å²) in [5.74, 6) is -2.97. The molecule has 2 atom stereocenters. The molecule has 2 aliphatic rings. The van der Waals surface area contributed by atoms with E-state index in [1.54, 1.807) is 6.08 Å². The van der Waals surface area contributed by atoms with Gasteiger partial charge in [-0.05, 0) is 17.6 Å². The van der Waals surface area contributed by atoms with Crippen molar-refractivity contribution in [3.05, 3.63) is 54.1 Å². The number of ether oxygens (including phenoxy) is 1.